The molecule has 10 heteroatoms. The molecule has 9 nitrogen and oxygen atoms in total. The van der Waals surface area contributed by atoms with E-state index in [1.54, 1.807) is 36.4 Å². The van der Waals surface area contributed by atoms with Crippen LogP contribution in [0.1, 0.15) is 31.3 Å². The highest BCUT2D eigenvalue weighted by Crippen LogP contribution is 2.29. The lowest BCUT2D eigenvalue weighted by Crippen LogP contribution is -2.49. The van der Waals surface area contributed by atoms with Crippen LogP contribution >= 0.6 is 12.2 Å². The minimum absolute atomic E-state index is 0.00791. The van der Waals surface area contributed by atoms with Gasteiger partial charge in [0, 0.05) is 31.7 Å². The van der Waals surface area contributed by atoms with Crippen molar-refractivity contribution < 1.29 is 23.5 Å². The van der Waals surface area contributed by atoms with Crippen LogP contribution in [0.3, 0.4) is 0 Å². The van der Waals surface area contributed by atoms with Gasteiger partial charge in [0.1, 0.15) is 0 Å². The number of hydrogen-bond acceptors (Lipinski definition) is 7. The van der Waals surface area contributed by atoms with Gasteiger partial charge in [-0.15, -0.1) is 0 Å². The van der Waals surface area contributed by atoms with E-state index in [0.29, 0.717) is 43.0 Å². The summed E-state index contributed by atoms with van der Waals surface area (Å²) in [7, 11) is 1.31. The smallest absolute Gasteiger partial charge is 0.337 e. The Morgan fingerprint density at radius 3 is 2.34 bits per heavy atom. The van der Waals surface area contributed by atoms with Crippen molar-refractivity contribution in [3.05, 3.63) is 83.8 Å². The molecule has 2 heterocycles. The summed E-state index contributed by atoms with van der Waals surface area (Å²) in [5.74, 6) is -0.877. The molecule has 1 saturated heterocycles. The van der Waals surface area contributed by atoms with Crippen LogP contribution < -0.4 is 15.5 Å². The first-order valence-corrected chi connectivity index (χ1v) is 11.3. The molecule has 1 aromatic heterocycles. The molecule has 0 radical (unpaired) electrons. The Labute approximate surface area is 207 Å². The number of piperazine rings is 1. The third-order valence-corrected chi connectivity index (χ3v) is 5.77. The maximum absolute atomic E-state index is 12.8. The van der Waals surface area contributed by atoms with Crippen LogP contribution in [0.4, 0.5) is 11.4 Å². The molecule has 1 fully saturated rings. The van der Waals surface area contributed by atoms with Crippen LogP contribution in [0.15, 0.2) is 71.3 Å². The molecular formula is C25H24N4O5S. The minimum Gasteiger partial charge on any atom is -0.465 e. The first kappa shape index (κ1) is 24.0. The van der Waals surface area contributed by atoms with Crippen LogP contribution in [0.25, 0.3) is 0 Å². The fraction of sp³-hybridized carbons (Fsp3) is 0.200. The first-order chi connectivity index (χ1) is 17.0. The van der Waals surface area contributed by atoms with E-state index in [1.165, 1.54) is 19.4 Å². The zero-order valence-corrected chi connectivity index (χ0v) is 19.8. The van der Waals surface area contributed by atoms with E-state index in [4.69, 9.17) is 21.4 Å². The van der Waals surface area contributed by atoms with Crippen molar-refractivity contribution in [3.63, 3.8) is 0 Å². The molecule has 0 spiro atoms. The van der Waals surface area contributed by atoms with Gasteiger partial charge in [0.15, 0.2) is 10.9 Å². The van der Waals surface area contributed by atoms with E-state index in [1.807, 2.05) is 23.1 Å². The number of rotatable bonds is 5. The average Bonchev–Trinajstić information content (AvgIpc) is 3.44. The van der Waals surface area contributed by atoms with Crippen LogP contribution in [0.5, 0.6) is 0 Å². The number of hydrogen-bond donors (Lipinski definition) is 2. The number of carbonyl (C=O) groups excluding carboxylic acids is 3. The number of amides is 2. The number of ether oxygens (including phenoxy) is 1. The van der Waals surface area contributed by atoms with Crippen molar-refractivity contribution in [2.45, 2.75) is 0 Å². The number of furan rings is 1. The number of methoxy groups -OCH3 is 1. The van der Waals surface area contributed by atoms with E-state index in [9.17, 15) is 14.4 Å². The molecule has 2 amide bonds. The summed E-state index contributed by atoms with van der Waals surface area (Å²) < 4.78 is 9.93. The summed E-state index contributed by atoms with van der Waals surface area (Å²) in [6.07, 6.45) is 1.39. The molecule has 180 valence electrons. The zero-order chi connectivity index (χ0) is 24.8. The summed E-state index contributed by atoms with van der Waals surface area (Å²) in [5, 5.41) is 5.62. The van der Waals surface area contributed by atoms with Crippen LogP contribution in [0.2, 0.25) is 0 Å². The summed E-state index contributed by atoms with van der Waals surface area (Å²) in [5.41, 5.74) is 2.29. The molecule has 2 aromatic carbocycles. The van der Waals surface area contributed by atoms with E-state index >= 15 is 0 Å². The summed E-state index contributed by atoms with van der Waals surface area (Å²) >= 11 is 5.32. The molecule has 4 rings (SSSR count). The number of nitrogens with zero attached hydrogens (tertiary/aromatic N) is 2. The van der Waals surface area contributed by atoms with Crippen LogP contribution in [0, 0.1) is 0 Å². The van der Waals surface area contributed by atoms with Gasteiger partial charge in [-0.3, -0.25) is 14.9 Å². The summed E-state index contributed by atoms with van der Waals surface area (Å²) in [4.78, 5) is 41.1. The van der Waals surface area contributed by atoms with Gasteiger partial charge in [0.2, 0.25) is 0 Å². The Morgan fingerprint density at radius 1 is 0.943 bits per heavy atom. The fourth-order valence-corrected chi connectivity index (χ4v) is 4.00. The standard InChI is InChI=1S/C25H24N4O5S/c1-33-24(32)18-9-10-20(19(16-18)26-25(35)27-22(30)21-8-5-15-34-21)28-11-13-29(14-12-28)23(31)17-6-3-2-4-7-17/h2-10,15-16H,11-14H2,1H3,(H2,26,27,30,35). The number of benzene rings is 2. The highest BCUT2D eigenvalue weighted by atomic mass is 32.1. The predicted molar refractivity (Wildman–Crippen MR) is 135 cm³/mol. The van der Waals surface area contributed by atoms with E-state index < -0.39 is 11.9 Å². The first-order valence-electron chi connectivity index (χ1n) is 10.9. The zero-order valence-electron chi connectivity index (χ0n) is 19.0. The Balaban J connectivity index is 1.49. The van der Waals surface area contributed by atoms with Crippen molar-refractivity contribution in [3.8, 4) is 0 Å². The Hall–Kier alpha value is -4.18. The van der Waals surface area contributed by atoms with Gasteiger partial charge in [-0.1, -0.05) is 18.2 Å². The van der Waals surface area contributed by atoms with Gasteiger partial charge < -0.3 is 24.3 Å². The van der Waals surface area contributed by atoms with Gasteiger partial charge >= 0.3 is 5.97 Å². The second kappa shape index (κ2) is 10.8. The monoisotopic (exact) mass is 492 g/mol. The third-order valence-electron chi connectivity index (χ3n) is 5.57. The molecular weight excluding hydrogens is 468 g/mol. The van der Waals surface area contributed by atoms with Crippen molar-refractivity contribution in [2.24, 2.45) is 0 Å². The lowest BCUT2D eigenvalue weighted by Gasteiger charge is -2.37. The molecule has 1 aliphatic heterocycles. The molecule has 35 heavy (non-hydrogen) atoms. The number of carbonyl (C=O) groups is 3. The Morgan fingerprint density at radius 2 is 1.69 bits per heavy atom. The number of nitrogens with one attached hydrogen (secondary N) is 2. The lowest BCUT2D eigenvalue weighted by molar-refractivity contribution is 0.0600. The fourth-order valence-electron chi connectivity index (χ4n) is 3.80. The molecule has 3 aromatic rings. The minimum atomic E-state index is -0.497. The molecule has 0 atom stereocenters. The molecule has 0 bridgehead atoms. The predicted octanol–water partition coefficient (Wildman–Crippen LogP) is 3.16. The number of thiocarbonyl (C=S) groups is 1. The van der Waals surface area contributed by atoms with Gasteiger partial charge in [-0.2, -0.15) is 0 Å². The third kappa shape index (κ3) is 5.67. The van der Waals surface area contributed by atoms with Crippen molar-refractivity contribution in [1.82, 2.24) is 10.2 Å². The van der Waals surface area contributed by atoms with Crippen molar-refractivity contribution in [1.29, 1.82) is 0 Å². The topological polar surface area (TPSA) is 104 Å². The molecule has 2 N–H and O–H groups in total. The van der Waals surface area contributed by atoms with Crippen LogP contribution in [-0.2, 0) is 4.74 Å². The quantitative estimate of drug-likeness (QED) is 0.414. The SMILES string of the molecule is COC(=O)c1ccc(N2CCN(C(=O)c3ccccc3)CC2)c(NC(=S)NC(=O)c2ccco2)c1. The van der Waals surface area contributed by atoms with Gasteiger partial charge in [0.05, 0.1) is 30.3 Å². The van der Waals surface area contributed by atoms with Gasteiger partial charge in [-0.25, -0.2) is 4.79 Å². The number of esters is 1. The maximum Gasteiger partial charge on any atom is 0.337 e. The second-order valence-electron chi connectivity index (χ2n) is 7.75. The maximum atomic E-state index is 12.8. The molecule has 1 aliphatic rings. The number of anilines is 2. The van der Waals surface area contributed by atoms with E-state index in [-0.39, 0.29) is 16.8 Å². The summed E-state index contributed by atoms with van der Waals surface area (Å²) in [6, 6.07) is 17.4. The highest BCUT2D eigenvalue weighted by Gasteiger charge is 2.24. The van der Waals surface area contributed by atoms with Gasteiger partial charge in [-0.05, 0) is 54.7 Å². The average molecular weight is 493 g/mol. The van der Waals surface area contributed by atoms with E-state index in [0.717, 1.165) is 5.69 Å². The Kier molecular flexibility index (Phi) is 7.41. The second-order valence-corrected chi connectivity index (χ2v) is 8.16. The van der Waals surface area contributed by atoms with Crippen LogP contribution in [-0.4, -0.2) is 61.1 Å². The van der Waals surface area contributed by atoms with Crippen molar-refractivity contribution >= 4 is 46.5 Å². The molecule has 0 unspecified atom stereocenters. The normalized spacial score (nSPS) is 13.2. The van der Waals surface area contributed by atoms with Crippen molar-refractivity contribution in [2.75, 3.05) is 43.5 Å². The molecule has 0 aliphatic carbocycles. The van der Waals surface area contributed by atoms with E-state index in [2.05, 4.69) is 15.5 Å². The molecule has 0 saturated carbocycles. The Bertz CT molecular complexity index is 1220. The lowest BCUT2D eigenvalue weighted by atomic mass is 10.1. The van der Waals surface area contributed by atoms with Gasteiger partial charge in [0.25, 0.3) is 11.8 Å². The summed E-state index contributed by atoms with van der Waals surface area (Å²) in [6.45, 7) is 2.23. The highest BCUT2D eigenvalue weighted by molar-refractivity contribution is 7.80. The largest absolute Gasteiger partial charge is 0.465 e.